The first kappa shape index (κ1) is 18.5. The molecule has 1 saturated heterocycles. The van der Waals surface area contributed by atoms with Crippen LogP contribution in [0.15, 0.2) is 21.4 Å². The number of thioether (sulfide) groups is 1. The van der Waals surface area contributed by atoms with E-state index >= 15 is 0 Å². The number of piperidine rings is 1. The van der Waals surface area contributed by atoms with Crippen molar-refractivity contribution in [1.82, 2.24) is 14.5 Å². The SMILES string of the molecule is CC(C)CCn1c(SCC(=O)N2CCCCC2)nc2ccsc2c1=O. The minimum atomic E-state index is 0.0218. The molecule has 0 bridgehead atoms. The fraction of sp³-hybridized carbons (Fsp3) is 0.611. The number of thiophene rings is 1. The maximum Gasteiger partial charge on any atom is 0.272 e. The topological polar surface area (TPSA) is 55.2 Å². The molecule has 25 heavy (non-hydrogen) atoms. The molecule has 136 valence electrons. The molecule has 0 radical (unpaired) electrons. The van der Waals surface area contributed by atoms with E-state index in [4.69, 9.17) is 0 Å². The Balaban J connectivity index is 1.79. The lowest BCUT2D eigenvalue weighted by molar-refractivity contribution is -0.129. The number of amides is 1. The first-order valence-electron chi connectivity index (χ1n) is 8.95. The van der Waals surface area contributed by atoms with Crippen LogP contribution in [0.3, 0.4) is 0 Å². The Morgan fingerprint density at radius 2 is 2.08 bits per heavy atom. The van der Waals surface area contributed by atoms with Crippen molar-refractivity contribution in [2.75, 3.05) is 18.8 Å². The Morgan fingerprint density at radius 3 is 2.80 bits per heavy atom. The molecule has 7 heteroatoms. The van der Waals surface area contributed by atoms with Crippen LogP contribution in [0.4, 0.5) is 0 Å². The predicted molar refractivity (Wildman–Crippen MR) is 104 cm³/mol. The summed E-state index contributed by atoms with van der Waals surface area (Å²) < 4.78 is 2.46. The van der Waals surface area contributed by atoms with E-state index in [2.05, 4.69) is 18.8 Å². The van der Waals surface area contributed by atoms with Crippen molar-refractivity contribution < 1.29 is 4.79 Å². The molecule has 0 spiro atoms. The molecule has 2 aromatic rings. The molecule has 0 saturated carbocycles. The van der Waals surface area contributed by atoms with Crippen molar-refractivity contribution in [1.29, 1.82) is 0 Å². The van der Waals surface area contributed by atoms with Crippen molar-refractivity contribution in [3.8, 4) is 0 Å². The summed E-state index contributed by atoms with van der Waals surface area (Å²) in [7, 11) is 0. The van der Waals surface area contributed by atoms with Gasteiger partial charge < -0.3 is 4.90 Å². The van der Waals surface area contributed by atoms with E-state index in [0.717, 1.165) is 37.9 Å². The molecule has 2 aromatic heterocycles. The maximum atomic E-state index is 12.8. The summed E-state index contributed by atoms with van der Waals surface area (Å²) in [6.45, 7) is 6.66. The van der Waals surface area contributed by atoms with Crippen LogP contribution < -0.4 is 5.56 Å². The van der Waals surface area contributed by atoms with Gasteiger partial charge in [-0.25, -0.2) is 4.98 Å². The van der Waals surface area contributed by atoms with Gasteiger partial charge in [-0.15, -0.1) is 11.3 Å². The fourth-order valence-corrected chi connectivity index (χ4v) is 4.69. The van der Waals surface area contributed by atoms with E-state index in [1.54, 1.807) is 4.57 Å². The van der Waals surface area contributed by atoms with E-state index in [0.29, 0.717) is 28.1 Å². The van der Waals surface area contributed by atoms with E-state index < -0.39 is 0 Å². The largest absolute Gasteiger partial charge is 0.342 e. The molecule has 1 amide bonds. The van der Waals surface area contributed by atoms with Gasteiger partial charge in [0.2, 0.25) is 5.91 Å². The van der Waals surface area contributed by atoms with E-state index in [1.807, 2.05) is 16.3 Å². The van der Waals surface area contributed by atoms with Crippen LogP contribution in [0.2, 0.25) is 0 Å². The lowest BCUT2D eigenvalue weighted by atomic mass is 10.1. The predicted octanol–water partition coefficient (Wildman–Crippen LogP) is 3.61. The van der Waals surface area contributed by atoms with Gasteiger partial charge in [-0.05, 0) is 43.0 Å². The van der Waals surface area contributed by atoms with Crippen molar-refractivity contribution in [2.45, 2.75) is 51.2 Å². The second kappa shape index (κ2) is 8.36. The van der Waals surface area contributed by atoms with Crippen molar-refractivity contribution >= 4 is 39.2 Å². The molecular formula is C18H25N3O2S2. The van der Waals surface area contributed by atoms with Crippen molar-refractivity contribution in [3.05, 3.63) is 21.8 Å². The molecule has 1 aliphatic rings. The monoisotopic (exact) mass is 379 g/mol. The second-order valence-electron chi connectivity index (χ2n) is 6.90. The summed E-state index contributed by atoms with van der Waals surface area (Å²) in [6, 6.07) is 1.88. The quantitative estimate of drug-likeness (QED) is 0.568. The minimum Gasteiger partial charge on any atom is -0.342 e. The molecule has 0 N–H and O–H groups in total. The van der Waals surface area contributed by atoms with Crippen LogP contribution in [0.25, 0.3) is 10.2 Å². The highest BCUT2D eigenvalue weighted by Crippen LogP contribution is 2.22. The summed E-state index contributed by atoms with van der Waals surface area (Å²) in [6.07, 6.45) is 4.32. The number of fused-ring (bicyclic) bond motifs is 1. The number of hydrogen-bond acceptors (Lipinski definition) is 5. The summed E-state index contributed by atoms with van der Waals surface area (Å²) in [4.78, 5) is 31.8. The molecule has 3 rings (SSSR count). The Labute approximate surface area is 156 Å². The van der Waals surface area contributed by atoms with Gasteiger partial charge in [0.25, 0.3) is 5.56 Å². The summed E-state index contributed by atoms with van der Waals surface area (Å²) >= 11 is 2.84. The highest BCUT2D eigenvalue weighted by molar-refractivity contribution is 7.99. The third kappa shape index (κ3) is 4.44. The molecular weight excluding hydrogens is 354 g/mol. The average molecular weight is 380 g/mol. The fourth-order valence-electron chi connectivity index (χ4n) is 2.98. The summed E-state index contributed by atoms with van der Waals surface area (Å²) in [5.41, 5.74) is 0.761. The van der Waals surface area contributed by atoms with Gasteiger partial charge in [-0.1, -0.05) is 25.6 Å². The summed E-state index contributed by atoms with van der Waals surface area (Å²) in [5.74, 6) is 1.02. The first-order valence-corrected chi connectivity index (χ1v) is 10.8. The van der Waals surface area contributed by atoms with Crippen LogP contribution in [-0.4, -0.2) is 39.2 Å². The normalized spacial score (nSPS) is 15.2. The van der Waals surface area contributed by atoms with Crippen molar-refractivity contribution in [3.63, 3.8) is 0 Å². The smallest absolute Gasteiger partial charge is 0.272 e. The van der Waals surface area contributed by atoms with Crippen LogP contribution in [0, 0.1) is 5.92 Å². The first-order chi connectivity index (χ1) is 12.1. The van der Waals surface area contributed by atoms with Crippen LogP contribution in [-0.2, 0) is 11.3 Å². The molecule has 5 nitrogen and oxygen atoms in total. The number of likely N-dealkylation sites (tertiary alicyclic amines) is 1. The molecule has 3 heterocycles. The highest BCUT2D eigenvalue weighted by Gasteiger charge is 2.19. The van der Waals surface area contributed by atoms with E-state index in [-0.39, 0.29) is 11.5 Å². The van der Waals surface area contributed by atoms with Gasteiger partial charge >= 0.3 is 0 Å². The van der Waals surface area contributed by atoms with Crippen molar-refractivity contribution in [2.24, 2.45) is 5.92 Å². The average Bonchev–Trinajstić information content (AvgIpc) is 3.08. The highest BCUT2D eigenvalue weighted by atomic mass is 32.2. The van der Waals surface area contributed by atoms with Gasteiger partial charge in [0.1, 0.15) is 4.70 Å². The van der Waals surface area contributed by atoms with Crippen LogP contribution >= 0.6 is 23.1 Å². The molecule has 1 fully saturated rings. The zero-order valence-electron chi connectivity index (χ0n) is 14.9. The number of nitrogens with zero attached hydrogens (tertiary/aromatic N) is 3. The molecule has 0 aliphatic carbocycles. The Hall–Kier alpha value is -1.34. The lowest BCUT2D eigenvalue weighted by Crippen LogP contribution is -2.37. The standard InChI is InChI=1S/C18H25N3O2S2/c1-13(2)6-10-21-17(23)16-14(7-11-24-16)19-18(21)25-12-15(22)20-8-4-3-5-9-20/h7,11,13H,3-6,8-10,12H2,1-2H3. The van der Waals surface area contributed by atoms with Crippen LogP contribution in [0.5, 0.6) is 0 Å². The van der Waals surface area contributed by atoms with Gasteiger partial charge in [-0.3, -0.25) is 14.2 Å². The molecule has 1 aliphatic heterocycles. The lowest BCUT2D eigenvalue weighted by Gasteiger charge is -2.26. The second-order valence-corrected chi connectivity index (χ2v) is 8.76. The van der Waals surface area contributed by atoms with E-state index in [1.165, 1.54) is 29.5 Å². The third-order valence-electron chi connectivity index (χ3n) is 4.49. The Bertz CT molecular complexity index is 791. The zero-order valence-corrected chi connectivity index (χ0v) is 16.5. The zero-order chi connectivity index (χ0) is 17.8. The van der Waals surface area contributed by atoms with Gasteiger partial charge in [0, 0.05) is 19.6 Å². The Kier molecular flexibility index (Phi) is 6.17. The number of carbonyl (C=O) groups is 1. The van der Waals surface area contributed by atoms with E-state index in [9.17, 15) is 9.59 Å². The number of hydrogen-bond donors (Lipinski definition) is 0. The molecule has 0 unspecified atom stereocenters. The summed E-state index contributed by atoms with van der Waals surface area (Å²) in [5, 5.41) is 2.57. The minimum absolute atomic E-state index is 0.0218. The Morgan fingerprint density at radius 1 is 1.32 bits per heavy atom. The van der Waals surface area contributed by atoms with Gasteiger partial charge in [-0.2, -0.15) is 0 Å². The number of aromatic nitrogens is 2. The van der Waals surface area contributed by atoms with Gasteiger partial charge in [0.05, 0.1) is 11.3 Å². The molecule has 0 atom stereocenters. The molecule has 0 aromatic carbocycles. The van der Waals surface area contributed by atoms with Crippen LogP contribution in [0.1, 0.15) is 39.5 Å². The number of rotatable bonds is 6. The van der Waals surface area contributed by atoms with Gasteiger partial charge in [0.15, 0.2) is 5.16 Å². The maximum absolute atomic E-state index is 12.8. The number of carbonyl (C=O) groups excluding carboxylic acids is 1. The third-order valence-corrected chi connectivity index (χ3v) is 6.35.